The number of nitrogens with zero attached hydrogens (tertiary/aromatic N) is 5. The van der Waals surface area contributed by atoms with E-state index in [1.165, 1.54) is 4.80 Å². The van der Waals surface area contributed by atoms with E-state index in [0.717, 1.165) is 17.7 Å². The van der Waals surface area contributed by atoms with Gasteiger partial charge in [-0.2, -0.15) is 9.90 Å². The standard InChI is InChI=1S/C23H26N6O3S/c1-16-20(26-29(25-16)18-10-5-4-6-11-18)22(30)27-13-8-14-28(27)23(33)24-15-17-9-7-12-19(31-2)21(17)32-3/h4-7,9-12H,8,13-15H2,1-3H3,(H,24,33). The number of carbonyl (C=O) groups is 1. The highest BCUT2D eigenvalue weighted by Crippen LogP contribution is 2.30. The van der Waals surface area contributed by atoms with Gasteiger partial charge in [0, 0.05) is 25.2 Å². The quantitative estimate of drug-likeness (QED) is 0.555. The molecule has 33 heavy (non-hydrogen) atoms. The number of thiocarbonyl (C=S) groups is 1. The van der Waals surface area contributed by atoms with Crippen LogP contribution in [0.15, 0.2) is 48.5 Å². The summed E-state index contributed by atoms with van der Waals surface area (Å²) in [6, 6.07) is 15.2. The normalized spacial score (nSPS) is 13.2. The number of methoxy groups -OCH3 is 2. The van der Waals surface area contributed by atoms with Crippen LogP contribution < -0.4 is 14.8 Å². The summed E-state index contributed by atoms with van der Waals surface area (Å²) < 4.78 is 10.9. The Kier molecular flexibility index (Phi) is 6.74. The van der Waals surface area contributed by atoms with Crippen LogP contribution >= 0.6 is 12.2 Å². The van der Waals surface area contributed by atoms with Crippen molar-refractivity contribution in [1.29, 1.82) is 0 Å². The highest BCUT2D eigenvalue weighted by Gasteiger charge is 2.32. The van der Waals surface area contributed by atoms with Gasteiger partial charge in [-0.1, -0.05) is 30.3 Å². The fraction of sp³-hybridized carbons (Fsp3) is 0.304. The summed E-state index contributed by atoms with van der Waals surface area (Å²) in [6.45, 7) is 3.41. The van der Waals surface area contributed by atoms with Gasteiger partial charge in [0.2, 0.25) is 0 Å². The zero-order valence-corrected chi connectivity index (χ0v) is 19.6. The van der Waals surface area contributed by atoms with Crippen molar-refractivity contribution in [2.24, 2.45) is 0 Å². The summed E-state index contributed by atoms with van der Waals surface area (Å²) in [5.74, 6) is 1.07. The smallest absolute Gasteiger partial charge is 0.294 e. The monoisotopic (exact) mass is 466 g/mol. The Morgan fingerprint density at radius 1 is 1.03 bits per heavy atom. The number of amides is 1. The molecule has 1 aliphatic rings. The Hall–Kier alpha value is -3.66. The van der Waals surface area contributed by atoms with Crippen LogP contribution in [0.3, 0.4) is 0 Å². The zero-order valence-electron chi connectivity index (χ0n) is 18.8. The second-order valence-corrected chi connectivity index (χ2v) is 7.86. The molecule has 4 rings (SSSR count). The molecule has 2 aromatic carbocycles. The van der Waals surface area contributed by atoms with Crippen LogP contribution in [-0.4, -0.2) is 63.3 Å². The van der Waals surface area contributed by atoms with Crippen molar-refractivity contribution in [3.63, 3.8) is 0 Å². The molecule has 1 N–H and O–H groups in total. The summed E-state index contributed by atoms with van der Waals surface area (Å²) in [6.07, 6.45) is 0.807. The molecule has 2 heterocycles. The number of hydrazine groups is 1. The highest BCUT2D eigenvalue weighted by atomic mass is 32.1. The lowest BCUT2D eigenvalue weighted by Gasteiger charge is -2.29. The SMILES string of the molecule is COc1cccc(CNC(=S)N2CCCN2C(=O)c2nn(-c3ccccc3)nc2C)c1OC. The van der Waals surface area contributed by atoms with Gasteiger partial charge in [-0.25, -0.2) is 5.01 Å². The average molecular weight is 467 g/mol. The topological polar surface area (TPSA) is 84.8 Å². The maximum absolute atomic E-state index is 13.3. The first-order valence-corrected chi connectivity index (χ1v) is 11.0. The molecule has 1 fully saturated rings. The molecule has 0 bridgehead atoms. The first-order valence-electron chi connectivity index (χ1n) is 10.6. The van der Waals surface area contributed by atoms with Gasteiger partial charge >= 0.3 is 0 Å². The Morgan fingerprint density at radius 2 is 1.79 bits per heavy atom. The van der Waals surface area contributed by atoms with E-state index in [1.54, 1.807) is 31.2 Å². The minimum atomic E-state index is -0.227. The summed E-state index contributed by atoms with van der Waals surface area (Å²) in [7, 11) is 3.20. The molecule has 1 amide bonds. The lowest BCUT2D eigenvalue weighted by atomic mass is 10.2. The number of benzene rings is 2. The lowest BCUT2D eigenvalue weighted by molar-refractivity contribution is 0.0484. The molecule has 0 atom stereocenters. The molecule has 1 saturated heterocycles. The minimum absolute atomic E-state index is 0.227. The number of carbonyl (C=O) groups excluding carboxylic acids is 1. The third-order valence-electron chi connectivity index (χ3n) is 5.39. The Morgan fingerprint density at radius 3 is 2.52 bits per heavy atom. The van der Waals surface area contributed by atoms with Crippen LogP contribution in [0.1, 0.15) is 28.2 Å². The molecule has 0 unspecified atom stereocenters. The highest BCUT2D eigenvalue weighted by molar-refractivity contribution is 7.80. The van der Waals surface area contributed by atoms with Crippen LogP contribution in [0.2, 0.25) is 0 Å². The largest absolute Gasteiger partial charge is 0.493 e. The first kappa shape index (κ1) is 22.5. The van der Waals surface area contributed by atoms with Gasteiger partial charge in [-0.15, -0.1) is 5.10 Å². The maximum Gasteiger partial charge on any atom is 0.294 e. The summed E-state index contributed by atoms with van der Waals surface area (Å²) in [5.41, 5.74) is 2.57. The number of hydrogen-bond acceptors (Lipinski definition) is 6. The molecule has 0 radical (unpaired) electrons. The van der Waals surface area contributed by atoms with Crippen molar-refractivity contribution >= 4 is 23.2 Å². The van der Waals surface area contributed by atoms with Crippen LogP contribution in [0.5, 0.6) is 11.5 Å². The fourth-order valence-electron chi connectivity index (χ4n) is 3.76. The van der Waals surface area contributed by atoms with Crippen molar-refractivity contribution in [2.45, 2.75) is 19.9 Å². The number of rotatable bonds is 6. The van der Waals surface area contributed by atoms with E-state index in [0.29, 0.717) is 47.6 Å². The molecular formula is C23H26N6O3S. The average Bonchev–Trinajstić information content (AvgIpc) is 3.49. The van der Waals surface area contributed by atoms with Crippen molar-refractivity contribution in [1.82, 2.24) is 30.3 Å². The van der Waals surface area contributed by atoms with E-state index >= 15 is 0 Å². The number of para-hydroxylation sites is 2. The van der Waals surface area contributed by atoms with E-state index in [4.69, 9.17) is 21.7 Å². The third-order valence-corrected chi connectivity index (χ3v) is 5.74. The number of hydrogen-bond donors (Lipinski definition) is 1. The van der Waals surface area contributed by atoms with Crippen LogP contribution in [0.4, 0.5) is 0 Å². The van der Waals surface area contributed by atoms with Gasteiger partial charge in [0.1, 0.15) is 0 Å². The molecule has 1 aromatic heterocycles. The molecule has 9 nitrogen and oxygen atoms in total. The molecule has 0 saturated carbocycles. The van der Waals surface area contributed by atoms with Gasteiger partial charge in [0.15, 0.2) is 22.3 Å². The molecule has 1 aliphatic heterocycles. The van der Waals surface area contributed by atoms with E-state index in [9.17, 15) is 4.79 Å². The van der Waals surface area contributed by atoms with Gasteiger partial charge < -0.3 is 14.8 Å². The van der Waals surface area contributed by atoms with Gasteiger partial charge in [0.25, 0.3) is 5.91 Å². The second kappa shape index (κ2) is 9.86. The van der Waals surface area contributed by atoms with Gasteiger partial charge in [-0.05, 0) is 43.8 Å². The van der Waals surface area contributed by atoms with Gasteiger partial charge in [-0.3, -0.25) is 9.80 Å². The number of ether oxygens (including phenoxy) is 2. The summed E-state index contributed by atoms with van der Waals surface area (Å²) in [5, 5.41) is 16.0. The predicted molar refractivity (Wildman–Crippen MR) is 127 cm³/mol. The Labute approximate surface area is 197 Å². The van der Waals surface area contributed by atoms with Crippen molar-refractivity contribution < 1.29 is 14.3 Å². The second-order valence-electron chi connectivity index (χ2n) is 7.48. The van der Waals surface area contributed by atoms with Gasteiger partial charge in [0.05, 0.1) is 25.6 Å². The van der Waals surface area contributed by atoms with E-state index in [1.807, 2.05) is 48.5 Å². The van der Waals surface area contributed by atoms with Crippen LogP contribution in [0.25, 0.3) is 5.69 Å². The van der Waals surface area contributed by atoms with E-state index in [-0.39, 0.29) is 5.91 Å². The molecule has 10 heteroatoms. The van der Waals surface area contributed by atoms with Crippen LogP contribution in [-0.2, 0) is 6.54 Å². The Bertz CT molecular complexity index is 1150. The molecule has 172 valence electrons. The van der Waals surface area contributed by atoms with E-state index in [2.05, 4.69) is 15.5 Å². The maximum atomic E-state index is 13.3. The number of nitrogens with one attached hydrogen (secondary N) is 1. The zero-order chi connectivity index (χ0) is 23.4. The third kappa shape index (κ3) is 4.61. The number of aryl methyl sites for hydroxylation is 1. The minimum Gasteiger partial charge on any atom is -0.493 e. The lowest BCUT2D eigenvalue weighted by Crippen LogP contribution is -2.49. The fourth-order valence-corrected chi connectivity index (χ4v) is 4.03. The van der Waals surface area contributed by atoms with Crippen molar-refractivity contribution in [3.8, 4) is 17.2 Å². The van der Waals surface area contributed by atoms with E-state index < -0.39 is 0 Å². The predicted octanol–water partition coefficient (Wildman–Crippen LogP) is 2.73. The molecule has 0 spiro atoms. The summed E-state index contributed by atoms with van der Waals surface area (Å²) >= 11 is 5.62. The molecular weight excluding hydrogens is 440 g/mol. The Balaban J connectivity index is 1.48. The number of aromatic nitrogens is 3. The first-order chi connectivity index (χ1) is 16.0. The summed E-state index contributed by atoms with van der Waals surface area (Å²) in [4.78, 5) is 14.8. The van der Waals surface area contributed by atoms with Crippen molar-refractivity contribution in [2.75, 3.05) is 27.3 Å². The molecule has 0 aliphatic carbocycles. The van der Waals surface area contributed by atoms with Crippen molar-refractivity contribution in [3.05, 3.63) is 65.5 Å². The van der Waals surface area contributed by atoms with Crippen LogP contribution in [0, 0.1) is 6.92 Å². The molecule has 3 aromatic rings.